The molecule has 3 rings (SSSR count). The highest BCUT2D eigenvalue weighted by Gasteiger charge is 2.19. The Balaban J connectivity index is 1.68. The fourth-order valence-electron chi connectivity index (χ4n) is 3.15. The van der Waals surface area contributed by atoms with Gasteiger partial charge in [-0.05, 0) is 30.5 Å². The summed E-state index contributed by atoms with van der Waals surface area (Å²) in [5, 5.41) is 4.32. The lowest BCUT2D eigenvalue weighted by Crippen LogP contribution is -2.34. The molecular formula is C18H23FN4O3. The molecule has 0 bridgehead atoms. The Morgan fingerprint density at radius 2 is 2.15 bits per heavy atom. The van der Waals surface area contributed by atoms with Crippen LogP contribution in [-0.2, 0) is 30.8 Å². The second-order valence-corrected chi connectivity index (χ2v) is 6.54. The first-order valence-corrected chi connectivity index (χ1v) is 8.72. The van der Waals surface area contributed by atoms with E-state index in [0.717, 1.165) is 31.5 Å². The Bertz CT molecular complexity index is 859. The molecule has 140 valence electrons. The molecule has 0 fully saturated rings. The number of rotatable bonds is 5. The van der Waals surface area contributed by atoms with Crippen LogP contribution in [0.4, 0.5) is 4.39 Å². The monoisotopic (exact) mass is 362 g/mol. The smallest absolute Gasteiger partial charge is 0.346 e. The summed E-state index contributed by atoms with van der Waals surface area (Å²) in [5.41, 5.74) is 0.409. The van der Waals surface area contributed by atoms with Gasteiger partial charge in [-0.25, -0.2) is 13.9 Å². The Labute approximate surface area is 151 Å². The number of fused-ring (bicyclic) bond motifs is 1. The molecule has 0 unspecified atom stereocenters. The first-order valence-electron chi connectivity index (χ1n) is 8.72. The number of hydrogen-bond donors (Lipinski definition) is 0. The van der Waals surface area contributed by atoms with E-state index in [1.807, 2.05) is 0 Å². The summed E-state index contributed by atoms with van der Waals surface area (Å²) >= 11 is 0. The molecule has 1 amide bonds. The van der Waals surface area contributed by atoms with Gasteiger partial charge >= 0.3 is 5.69 Å². The zero-order valence-corrected chi connectivity index (χ0v) is 15.1. The summed E-state index contributed by atoms with van der Waals surface area (Å²) in [7, 11) is 3.02. The summed E-state index contributed by atoms with van der Waals surface area (Å²) in [6.45, 7) is 0.777. The molecule has 26 heavy (non-hydrogen) atoms. The zero-order chi connectivity index (χ0) is 18.7. The molecular weight excluding hydrogens is 339 g/mol. The average Bonchev–Trinajstić information content (AvgIpc) is 2.78. The molecule has 7 nitrogen and oxygen atoms in total. The number of amides is 1. The standard InChI is InChI=1S/C18H23FN4O3/c1-21(11-13-7-8-15(26-2)14(19)10-13)17(24)12-23-18(25)22-9-5-3-4-6-16(22)20-23/h7-8,10H,3-6,9,11-12H2,1-2H3. The van der Waals surface area contributed by atoms with Gasteiger partial charge in [0.1, 0.15) is 12.4 Å². The van der Waals surface area contributed by atoms with E-state index in [2.05, 4.69) is 5.10 Å². The number of carbonyl (C=O) groups excluding carboxylic acids is 1. The highest BCUT2D eigenvalue weighted by molar-refractivity contribution is 5.75. The molecule has 8 heteroatoms. The maximum absolute atomic E-state index is 13.8. The number of aryl methyl sites for hydroxylation is 1. The molecule has 0 aliphatic carbocycles. The molecule has 1 aromatic heterocycles. The van der Waals surface area contributed by atoms with Crippen LogP contribution >= 0.6 is 0 Å². The van der Waals surface area contributed by atoms with Crippen LogP contribution in [0.2, 0.25) is 0 Å². The topological polar surface area (TPSA) is 69.4 Å². The van der Waals surface area contributed by atoms with Gasteiger partial charge < -0.3 is 9.64 Å². The summed E-state index contributed by atoms with van der Waals surface area (Å²) in [5.74, 6) is 0.186. The third kappa shape index (κ3) is 3.79. The minimum atomic E-state index is -0.472. The Kier molecular flexibility index (Phi) is 5.39. The van der Waals surface area contributed by atoms with Gasteiger partial charge in [-0.1, -0.05) is 12.5 Å². The van der Waals surface area contributed by atoms with Crippen molar-refractivity contribution in [3.05, 3.63) is 45.9 Å². The van der Waals surface area contributed by atoms with Crippen molar-refractivity contribution in [2.24, 2.45) is 0 Å². The highest BCUT2D eigenvalue weighted by atomic mass is 19.1. The van der Waals surface area contributed by atoms with Crippen LogP contribution < -0.4 is 10.4 Å². The number of benzene rings is 1. The summed E-state index contributed by atoms with van der Waals surface area (Å²) < 4.78 is 21.6. The fraction of sp³-hybridized carbons (Fsp3) is 0.500. The number of hydrogen-bond acceptors (Lipinski definition) is 4. The largest absolute Gasteiger partial charge is 0.494 e. The van der Waals surface area contributed by atoms with Crippen molar-refractivity contribution in [3.8, 4) is 5.75 Å². The predicted octanol–water partition coefficient (Wildman–Crippen LogP) is 1.58. The van der Waals surface area contributed by atoms with Crippen LogP contribution in [0, 0.1) is 5.82 Å². The van der Waals surface area contributed by atoms with E-state index in [0.29, 0.717) is 12.1 Å². The number of likely N-dealkylation sites (N-methyl/N-ethyl adjacent to an activating group) is 1. The molecule has 0 spiro atoms. The molecule has 0 saturated carbocycles. The van der Waals surface area contributed by atoms with Crippen LogP contribution in [0.1, 0.15) is 30.7 Å². The van der Waals surface area contributed by atoms with Gasteiger partial charge in [0.25, 0.3) is 0 Å². The highest BCUT2D eigenvalue weighted by Crippen LogP contribution is 2.18. The van der Waals surface area contributed by atoms with E-state index in [1.165, 1.54) is 28.8 Å². The van der Waals surface area contributed by atoms with Gasteiger partial charge in [-0.2, -0.15) is 5.10 Å². The van der Waals surface area contributed by atoms with E-state index in [9.17, 15) is 14.0 Å². The summed E-state index contributed by atoms with van der Waals surface area (Å²) in [6, 6.07) is 4.57. The van der Waals surface area contributed by atoms with Crippen LogP contribution in [0.5, 0.6) is 5.75 Å². The fourth-order valence-corrected chi connectivity index (χ4v) is 3.15. The molecule has 0 saturated heterocycles. The van der Waals surface area contributed by atoms with Gasteiger partial charge in [-0.15, -0.1) is 0 Å². The number of halogens is 1. The van der Waals surface area contributed by atoms with Crippen molar-refractivity contribution in [2.45, 2.75) is 45.3 Å². The third-order valence-electron chi connectivity index (χ3n) is 4.63. The number of nitrogens with zero attached hydrogens (tertiary/aromatic N) is 4. The minimum Gasteiger partial charge on any atom is -0.494 e. The number of carbonyl (C=O) groups is 1. The molecule has 2 aromatic rings. The first-order chi connectivity index (χ1) is 12.5. The van der Waals surface area contributed by atoms with Crippen molar-refractivity contribution in [1.29, 1.82) is 0 Å². The van der Waals surface area contributed by atoms with E-state index < -0.39 is 5.82 Å². The van der Waals surface area contributed by atoms with E-state index >= 15 is 0 Å². The molecule has 1 aliphatic rings. The van der Waals surface area contributed by atoms with Crippen molar-refractivity contribution < 1.29 is 13.9 Å². The lowest BCUT2D eigenvalue weighted by Gasteiger charge is -2.17. The maximum Gasteiger partial charge on any atom is 0.346 e. The Morgan fingerprint density at radius 3 is 2.88 bits per heavy atom. The van der Waals surface area contributed by atoms with Gasteiger partial charge in [0.15, 0.2) is 11.6 Å². The quantitative estimate of drug-likeness (QED) is 0.810. The Hall–Kier alpha value is -2.64. The first kappa shape index (κ1) is 18.2. The van der Waals surface area contributed by atoms with Gasteiger partial charge in [0.05, 0.1) is 7.11 Å². The van der Waals surface area contributed by atoms with E-state index in [-0.39, 0.29) is 30.4 Å². The van der Waals surface area contributed by atoms with Gasteiger partial charge in [-0.3, -0.25) is 9.36 Å². The molecule has 1 aliphatic heterocycles. The number of aromatic nitrogens is 3. The lowest BCUT2D eigenvalue weighted by molar-refractivity contribution is -0.131. The maximum atomic E-state index is 13.8. The van der Waals surface area contributed by atoms with Crippen molar-refractivity contribution in [2.75, 3.05) is 14.2 Å². The average molecular weight is 362 g/mol. The second kappa shape index (κ2) is 7.72. The van der Waals surface area contributed by atoms with Gasteiger partial charge in [0.2, 0.25) is 5.91 Å². The number of methoxy groups -OCH3 is 1. The van der Waals surface area contributed by atoms with Crippen LogP contribution in [0.25, 0.3) is 0 Å². The lowest BCUT2D eigenvalue weighted by atomic mass is 10.2. The van der Waals surface area contributed by atoms with Crippen LogP contribution in [0.3, 0.4) is 0 Å². The van der Waals surface area contributed by atoms with Gasteiger partial charge in [0, 0.05) is 26.6 Å². The molecule has 0 N–H and O–H groups in total. The van der Waals surface area contributed by atoms with Crippen molar-refractivity contribution >= 4 is 5.91 Å². The summed E-state index contributed by atoms with van der Waals surface area (Å²) in [6.07, 6.45) is 3.81. The minimum absolute atomic E-state index is 0.117. The third-order valence-corrected chi connectivity index (χ3v) is 4.63. The Morgan fingerprint density at radius 1 is 1.35 bits per heavy atom. The molecule has 1 aromatic carbocycles. The van der Waals surface area contributed by atoms with E-state index in [4.69, 9.17) is 4.74 Å². The normalized spacial score (nSPS) is 13.8. The SMILES string of the molecule is COc1ccc(CN(C)C(=O)Cn2nc3n(c2=O)CCCCC3)cc1F. The molecule has 2 heterocycles. The molecule has 0 radical (unpaired) electrons. The molecule has 0 atom stereocenters. The number of ether oxygens (including phenoxy) is 1. The van der Waals surface area contributed by atoms with E-state index in [1.54, 1.807) is 17.7 Å². The zero-order valence-electron chi connectivity index (χ0n) is 15.1. The van der Waals surface area contributed by atoms with Crippen LogP contribution in [0.15, 0.2) is 23.0 Å². The van der Waals surface area contributed by atoms with Crippen molar-refractivity contribution in [1.82, 2.24) is 19.2 Å². The summed E-state index contributed by atoms with van der Waals surface area (Å²) in [4.78, 5) is 26.3. The predicted molar refractivity (Wildman–Crippen MR) is 93.5 cm³/mol. The second-order valence-electron chi connectivity index (χ2n) is 6.54. The van der Waals surface area contributed by atoms with Crippen LogP contribution in [-0.4, -0.2) is 39.3 Å². The van der Waals surface area contributed by atoms with Crippen molar-refractivity contribution in [3.63, 3.8) is 0 Å².